The van der Waals surface area contributed by atoms with Gasteiger partial charge in [-0.05, 0) is 30.2 Å². The van der Waals surface area contributed by atoms with Gasteiger partial charge in [-0.2, -0.15) is 0 Å². The summed E-state index contributed by atoms with van der Waals surface area (Å²) in [4.78, 5) is 11.3. The van der Waals surface area contributed by atoms with E-state index in [0.29, 0.717) is 11.6 Å². The standard InChI is InChI=1S/C16H20ClN3O2/c1-10-8-18-9-14-16(10,5-6-19-15(21)22-2)12-7-11(17)3-4-13(12)20-14/h3-4,7,14,18,20H,1,5-6,8-9H2,2H3,(H,19,21). The first-order valence-corrected chi connectivity index (χ1v) is 7.73. The van der Waals surface area contributed by atoms with Crippen molar-refractivity contribution in [2.24, 2.45) is 0 Å². The zero-order valence-corrected chi connectivity index (χ0v) is 13.3. The molecular formula is C16H20ClN3O2. The molecule has 2 heterocycles. The van der Waals surface area contributed by atoms with E-state index in [1.165, 1.54) is 12.7 Å². The van der Waals surface area contributed by atoms with E-state index in [1.54, 1.807) is 0 Å². The Morgan fingerprint density at radius 2 is 2.41 bits per heavy atom. The molecule has 0 spiro atoms. The first kappa shape index (κ1) is 15.2. The van der Waals surface area contributed by atoms with Crippen molar-refractivity contribution in [1.29, 1.82) is 0 Å². The summed E-state index contributed by atoms with van der Waals surface area (Å²) in [6.45, 7) is 6.43. The molecule has 2 unspecified atom stereocenters. The Balaban J connectivity index is 1.93. The van der Waals surface area contributed by atoms with Gasteiger partial charge < -0.3 is 20.7 Å². The summed E-state index contributed by atoms with van der Waals surface area (Å²) in [7, 11) is 1.37. The van der Waals surface area contributed by atoms with Crippen molar-refractivity contribution in [3.8, 4) is 0 Å². The SMILES string of the molecule is C=C1CNCC2Nc3ccc(Cl)cc3C12CCNC(=O)OC. The summed E-state index contributed by atoms with van der Waals surface area (Å²) in [5, 5.41) is 10.4. The third kappa shape index (κ3) is 2.34. The van der Waals surface area contributed by atoms with Crippen LogP contribution in [0.2, 0.25) is 5.02 Å². The van der Waals surface area contributed by atoms with Crippen LogP contribution in [0.15, 0.2) is 30.4 Å². The maximum absolute atomic E-state index is 11.3. The number of carbonyl (C=O) groups is 1. The lowest BCUT2D eigenvalue weighted by Gasteiger charge is -2.42. The summed E-state index contributed by atoms with van der Waals surface area (Å²) in [6, 6.07) is 6.13. The Hall–Kier alpha value is -1.72. The molecule has 1 aromatic carbocycles. The highest BCUT2D eigenvalue weighted by Crippen LogP contribution is 2.49. The molecule has 0 saturated carbocycles. The Morgan fingerprint density at radius 1 is 1.59 bits per heavy atom. The number of hydrogen-bond acceptors (Lipinski definition) is 4. The van der Waals surface area contributed by atoms with Gasteiger partial charge in [-0.3, -0.25) is 0 Å². The summed E-state index contributed by atoms with van der Waals surface area (Å²) in [5.41, 5.74) is 3.16. The number of halogens is 1. The van der Waals surface area contributed by atoms with Crippen molar-refractivity contribution < 1.29 is 9.53 Å². The zero-order valence-electron chi connectivity index (χ0n) is 12.5. The molecule has 2 aliphatic rings. The predicted molar refractivity (Wildman–Crippen MR) is 87.6 cm³/mol. The highest BCUT2D eigenvalue weighted by molar-refractivity contribution is 6.30. The quantitative estimate of drug-likeness (QED) is 0.747. The van der Waals surface area contributed by atoms with Gasteiger partial charge in [0.1, 0.15) is 0 Å². The summed E-state index contributed by atoms with van der Waals surface area (Å²) in [5.74, 6) is 0. The minimum atomic E-state index is -0.412. The fourth-order valence-corrected chi connectivity index (χ4v) is 3.79. The molecule has 2 atom stereocenters. The van der Waals surface area contributed by atoms with Gasteiger partial charge in [-0.25, -0.2) is 4.79 Å². The highest BCUT2D eigenvalue weighted by atomic mass is 35.5. The Labute approximate surface area is 135 Å². The molecule has 0 aromatic heterocycles. The molecule has 1 amide bonds. The van der Waals surface area contributed by atoms with E-state index >= 15 is 0 Å². The van der Waals surface area contributed by atoms with Crippen LogP contribution in [0.1, 0.15) is 12.0 Å². The van der Waals surface area contributed by atoms with Crippen LogP contribution in [-0.4, -0.2) is 38.9 Å². The maximum Gasteiger partial charge on any atom is 0.406 e. The Kier molecular flexibility index (Phi) is 4.02. The van der Waals surface area contributed by atoms with E-state index in [0.717, 1.165) is 30.8 Å². The third-order valence-electron chi connectivity index (χ3n) is 4.68. The van der Waals surface area contributed by atoms with E-state index in [-0.39, 0.29) is 11.5 Å². The maximum atomic E-state index is 11.3. The van der Waals surface area contributed by atoms with Crippen molar-refractivity contribution in [2.75, 3.05) is 32.1 Å². The third-order valence-corrected chi connectivity index (χ3v) is 4.91. The summed E-state index contributed by atoms with van der Waals surface area (Å²) < 4.78 is 4.64. The number of fused-ring (bicyclic) bond motifs is 3. The van der Waals surface area contributed by atoms with Crippen LogP contribution in [0.5, 0.6) is 0 Å². The normalized spacial score (nSPS) is 25.9. The molecule has 3 N–H and O–H groups in total. The number of methoxy groups -OCH3 is 1. The van der Waals surface area contributed by atoms with Gasteiger partial charge in [-0.15, -0.1) is 0 Å². The minimum absolute atomic E-state index is 0.210. The van der Waals surface area contributed by atoms with Crippen molar-refractivity contribution >= 4 is 23.4 Å². The Bertz CT molecular complexity index is 619. The monoisotopic (exact) mass is 321 g/mol. The first-order valence-electron chi connectivity index (χ1n) is 7.35. The lowest BCUT2D eigenvalue weighted by molar-refractivity contribution is 0.170. The van der Waals surface area contributed by atoms with Gasteiger partial charge in [0.2, 0.25) is 0 Å². The van der Waals surface area contributed by atoms with E-state index in [2.05, 4.69) is 27.3 Å². The fraction of sp³-hybridized carbons (Fsp3) is 0.438. The van der Waals surface area contributed by atoms with E-state index < -0.39 is 6.09 Å². The molecular weight excluding hydrogens is 302 g/mol. The van der Waals surface area contributed by atoms with E-state index in [1.807, 2.05) is 18.2 Å². The van der Waals surface area contributed by atoms with Crippen LogP contribution in [0.3, 0.4) is 0 Å². The molecule has 6 heteroatoms. The second-order valence-electron chi connectivity index (χ2n) is 5.76. The van der Waals surface area contributed by atoms with Crippen molar-refractivity contribution in [3.05, 3.63) is 40.9 Å². The number of hydrogen-bond donors (Lipinski definition) is 3. The van der Waals surface area contributed by atoms with E-state index in [4.69, 9.17) is 11.6 Å². The number of alkyl carbamates (subject to hydrolysis) is 1. The molecule has 3 rings (SSSR count). The number of amides is 1. The number of anilines is 1. The lowest BCUT2D eigenvalue weighted by Crippen LogP contribution is -2.54. The first-order chi connectivity index (χ1) is 10.6. The van der Waals surface area contributed by atoms with Crippen molar-refractivity contribution in [2.45, 2.75) is 17.9 Å². The molecule has 22 heavy (non-hydrogen) atoms. The highest BCUT2D eigenvalue weighted by Gasteiger charge is 2.50. The van der Waals surface area contributed by atoms with Crippen LogP contribution in [-0.2, 0) is 10.2 Å². The molecule has 1 aromatic rings. The average molecular weight is 322 g/mol. The molecule has 0 radical (unpaired) electrons. The molecule has 1 saturated heterocycles. The smallest absolute Gasteiger partial charge is 0.406 e. The van der Waals surface area contributed by atoms with Crippen LogP contribution in [0, 0.1) is 0 Å². The second-order valence-corrected chi connectivity index (χ2v) is 6.20. The van der Waals surface area contributed by atoms with Gasteiger partial charge in [-0.1, -0.05) is 23.8 Å². The van der Waals surface area contributed by atoms with Gasteiger partial charge in [0, 0.05) is 35.8 Å². The number of piperidine rings is 1. The van der Waals surface area contributed by atoms with Crippen molar-refractivity contribution in [3.63, 3.8) is 0 Å². The summed E-state index contributed by atoms with van der Waals surface area (Å²) in [6.07, 6.45) is 0.345. The number of nitrogens with one attached hydrogen (secondary N) is 3. The predicted octanol–water partition coefficient (Wildman–Crippen LogP) is 2.28. The summed E-state index contributed by atoms with van der Waals surface area (Å²) >= 11 is 6.21. The fourth-order valence-electron chi connectivity index (χ4n) is 3.62. The van der Waals surface area contributed by atoms with Crippen LogP contribution >= 0.6 is 11.6 Å². The van der Waals surface area contributed by atoms with E-state index in [9.17, 15) is 4.79 Å². The molecule has 0 bridgehead atoms. The van der Waals surface area contributed by atoms with Gasteiger partial charge in [0.15, 0.2) is 0 Å². The largest absolute Gasteiger partial charge is 0.453 e. The molecule has 118 valence electrons. The number of benzene rings is 1. The van der Waals surface area contributed by atoms with Gasteiger partial charge in [0.25, 0.3) is 0 Å². The lowest BCUT2D eigenvalue weighted by atomic mass is 9.67. The molecule has 2 aliphatic heterocycles. The molecule has 1 fully saturated rings. The van der Waals surface area contributed by atoms with Crippen LogP contribution in [0.4, 0.5) is 10.5 Å². The minimum Gasteiger partial charge on any atom is -0.453 e. The van der Waals surface area contributed by atoms with Crippen molar-refractivity contribution in [1.82, 2.24) is 10.6 Å². The Morgan fingerprint density at radius 3 is 3.18 bits per heavy atom. The number of ether oxygens (including phenoxy) is 1. The molecule has 5 nitrogen and oxygen atoms in total. The number of rotatable bonds is 3. The van der Waals surface area contributed by atoms with Crippen LogP contribution < -0.4 is 16.0 Å². The van der Waals surface area contributed by atoms with Crippen LogP contribution in [0.25, 0.3) is 0 Å². The second kappa shape index (κ2) is 5.82. The molecule has 0 aliphatic carbocycles. The average Bonchev–Trinajstić information content (AvgIpc) is 2.82. The zero-order chi connectivity index (χ0) is 15.7. The number of carbonyl (C=O) groups excluding carboxylic acids is 1. The van der Waals surface area contributed by atoms with Gasteiger partial charge >= 0.3 is 6.09 Å². The van der Waals surface area contributed by atoms with Gasteiger partial charge in [0.05, 0.1) is 13.2 Å². The topological polar surface area (TPSA) is 62.4 Å².